The van der Waals surface area contributed by atoms with E-state index in [0.717, 1.165) is 19.5 Å². The average molecular weight is 259 g/mol. The highest BCUT2D eigenvalue weighted by atomic mass is 14.8. The molecule has 1 aromatic rings. The second-order valence-electron chi connectivity index (χ2n) is 6.20. The number of hydrogen-bond acceptors (Lipinski definition) is 1. The Bertz CT molecular complexity index is 393. The van der Waals surface area contributed by atoms with E-state index in [0.29, 0.717) is 0 Å². The lowest BCUT2D eigenvalue weighted by molar-refractivity contribution is 0.590. The maximum absolute atomic E-state index is 3.47. The third-order valence-corrected chi connectivity index (χ3v) is 3.38. The van der Waals surface area contributed by atoms with Crippen LogP contribution in [0, 0.1) is 0 Å². The van der Waals surface area contributed by atoms with Crippen molar-refractivity contribution < 1.29 is 0 Å². The van der Waals surface area contributed by atoms with E-state index in [1.807, 2.05) is 0 Å². The predicted molar refractivity (Wildman–Crippen MR) is 86.6 cm³/mol. The fraction of sp³-hybridized carbons (Fsp3) is 0.556. The largest absolute Gasteiger partial charge is 0.313 e. The second-order valence-corrected chi connectivity index (χ2v) is 6.20. The van der Waals surface area contributed by atoms with Gasteiger partial charge in [-0.1, -0.05) is 70.5 Å². The number of benzene rings is 1. The van der Waals surface area contributed by atoms with Crippen molar-refractivity contribution in [1.29, 1.82) is 0 Å². The molecule has 0 aromatic heterocycles. The van der Waals surface area contributed by atoms with Crippen LogP contribution < -0.4 is 5.32 Å². The van der Waals surface area contributed by atoms with Crippen LogP contribution >= 0.6 is 0 Å². The van der Waals surface area contributed by atoms with Gasteiger partial charge in [-0.2, -0.15) is 0 Å². The van der Waals surface area contributed by atoms with Crippen LogP contribution in [-0.4, -0.2) is 13.1 Å². The van der Waals surface area contributed by atoms with Gasteiger partial charge in [0.05, 0.1) is 0 Å². The van der Waals surface area contributed by atoms with Crippen molar-refractivity contribution >= 4 is 6.08 Å². The molecule has 19 heavy (non-hydrogen) atoms. The van der Waals surface area contributed by atoms with E-state index in [4.69, 9.17) is 0 Å². The van der Waals surface area contributed by atoms with Gasteiger partial charge in [0.15, 0.2) is 0 Å². The van der Waals surface area contributed by atoms with Gasteiger partial charge >= 0.3 is 0 Å². The fourth-order valence-electron chi connectivity index (χ4n) is 2.02. The first-order chi connectivity index (χ1) is 8.97. The van der Waals surface area contributed by atoms with E-state index in [9.17, 15) is 0 Å². The van der Waals surface area contributed by atoms with E-state index in [2.05, 4.69) is 70.3 Å². The van der Waals surface area contributed by atoms with Crippen molar-refractivity contribution in [3.8, 4) is 0 Å². The Kier molecular flexibility index (Phi) is 6.30. The third-order valence-electron chi connectivity index (χ3n) is 3.38. The smallest absolute Gasteiger partial charge is 0.0167 e. The normalized spacial score (nSPS) is 12.8. The van der Waals surface area contributed by atoms with Crippen LogP contribution in [0.3, 0.4) is 0 Å². The van der Waals surface area contributed by atoms with Gasteiger partial charge in [-0.3, -0.25) is 0 Å². The first kappa shape index (κ1) is 16.0. The zero-order valence-electron chi connectivity index (χ0n) is 13.2. The standard InChI is InChI=1S/C18H29N/c1-6-12-19-14-15(7-2)13-16-8-10-17(11-9-16)18(3,4)5/h8-11,13,19H,6-7,12,14H2,1-5H3. The minimum atomic E-state index is 0.235. The zero-order chi connectivity index (χ0) is 14.3. The highest BCUT2D eigenvalue weighted by Crippen LogP contribution is 2.22. The zero-order valence-corrected chi connectivity index (χ0v) is 13.2. The highest BCUT2D eigenvalue weighted by Gasteiger charge is 2.12. The molecule has 0 saturated heterocycles. The molecule has 1 nitrogen and oxygen atoms in total. The Morgan fingerprint density at radius 1 is 1.11 bits per heavy atom. The lowest BCUT2D eigenvalue weighted by atomic mass is 9.86. The van der Waals surface area contributed by atoms with Gasteiger partial charge in [0.2, 0.25) is 0 Å². The van der Waals surface area contributed by atoms with E-state index in [1.165, 1.54) is 23.1 Å². The first-order valence-electron chi connectivity index (χ1n) is 7.48. The molecule has 0 spiro atoms. The van der Waals surface area contributed by atoms with Crippen LogP contribution in [-0.2, 0) is 5.41 Å². The van der Waals surface area contributed by atoms with Crippen molar-refractivity contribution in [3.05, 3.63) is 41.0 Å². The molecule has 0 heterocycles. The summed E-state index contributed by atoms with van der Waals surface area (Å²) in [5.74, 6) is 0. The SMILES string of the molecule is CCCNCC(=Cc1ccc(C(C)(C)C)cc1)CC. The Morgan fingerprint density at radius 2 is 1.74 bits per heavy atom. The summed E-state index contributed by atoms with van der Waals surface area (Å²) in [6.07, 6.45) is 4.62. The van der Waals surface area contributed by atoms with Crippen LogP contribution in [0.15, 0.2) is 29.8 Å². The van der Waals surface area contributed by atoms with Crippen molar-refractivity contribution in [2.45, 2.75) is 52.9 Å². The Hall–Kier alpha value is -1.08. The quantitative estimate of drug-likeness (QED) is 0.725. The van der Waals surface area contributed by atoms with Crippen LogP contribution in [0.4, 0.5) is 0 Å². The average Bonchev–Trinajstić information content (AvgIpc) is 2.37. The molecule has 0 aliphatic carbocycles. The molecule has 0 saturated carbocycles. The second kappa shape index (κ2) is 7.49. The number of nitrogens with one attached hydrogen (secondary N) is 1. The molecule has 0 aliphatic rings. The predicted octanol–water partition coefficient (Wildman–Crippen LogP) is 4.78. The van der Waals surface area contributed by atoms with Crippen LogP contribution in [0.2, 0.25) is 0 Å². The summed E-state index contributed by atoms with van der Waals surface area (Å²) in [5, 5.41) is 3.47. The summed E-state index contributed by atoms with van der Waals surface area (Å²) < 4.78 is 0. The van der Waals surface area contributed by atoms with E-state index in [-0.39, 0.29) is 5.41 Å². The van der Waals surface area contributed by atoms with Gasteiger partial charge in [-0.15, -0.1) is 0 Å². The summed E-state index contributed by atoms with van der Waals surface area (Å²) in [4.78, 5) is 0. The molecule has 1 heteroatoms. The maximum Gasteiger partial charge on any atom is 0.0167 e. The van der Waals surface area contributed by atoms with Crippen molar-refractivity contribution in [2.75, 3.05) is 13.1 Å². The highest BCUT2D eigenvalue weighted by molar-refractivity contribution is 5.54. The van der Waals surface area contributed by atoms with E-state index < -0.39 is 0 Å². The van der Waals surface area contributed by atoms with Gasteiger partial charge in [0.25, 0.3) is 0 Å². The van der Waals surface area contributed by atoms with Crippen LogP contribution in [0.1, 0.15) is 58.6 Å². The van der Waals surface area contributed by atoms with Gasteiger partial charge in [-0.05, 0) is 35.9 Å². The van der Waals surface area contributed by atoms with Crippen LogP contribution in [0.5, 0.6) is 0 Å². The number of hydrogen-bond donors (Lipinski definition) is 1. The summed E-state index contributed by atoms with van der Waals surface area (Å²) in [5.41, 5.74) is 4.41. The minimum Gasteiger partial charge on any atom is -0.313 e. The van der Waals surface area contributed by atoms with Crippen molar-refractivity contribution in [1.82, 2.24) is 5.32 Å². The summed E-state index contributed by atoms with van der Waals surface area (Å²) in [6.45, 7) is 13.3. The molecule has 0 radical (unpaired) electrons. The molecule has 0 atom stereocenters. The Morgan fingerprint density at radius 3 is 2.21 bits per heavy atom. The lowest BCUT2D eigenvalue weighted by Gasteiger charge is -2.19. The summed E-state index contributed by atoms with van der Waals surface area (Å²) in [7, 11) is 0. The summed E-state index contributed by atoms with van der Waals surface area (Å²) >= 11 is 0. The van der Waals surface area contributed by atoms with Gasteiger partial charge in [-0.25, -0.2) is 0 Å². The molecule has 0 bridgehead atoms. The fourth-order valence-corrected chi connectivity index (χ4v) is 2.02. The Labute approximate surface area is 119 Å². The van der Waals surface area contributed by atoms with Crippen LogP contribution in [0.25, 0.3) is 6.08 Å². The third kappa shape index (κ3) is 5.61. The molecule has 0 aliphatic heterocycles. The molecule has 106 valence electrons. The topological polar surface area (TPSA) is 12.0 Å². The molecule has 0 unspecified atom stereocenters. The monoisotopic (exact) mass is 259 g/mol. The summed E-state index contributed by atoms with van der Waals surface area (Å²) in [6, 6.07) is 8.96. The van der Waals surface area contributed by atoms with Crippen molar-refractivity contribution in [2.24, 2.45) is 0 Å². The van der Waals surface area contributed by atoms with Gasteiger partial charge in [0, 0.05) is 6.54 Å². The molecule has 1 aromatic carbocycles. The molecule has 0 fully saturated rings. The Balaban J connectivity index is 2.73. The van der Waals surface area contributed by atoms with E-state index >= 15 is 0 Å². The maximum atomic E-state index is 3.47. The number of rotatable bonds is 6. The van der Waals surface area contributed by atoms with Gasteiger partial charge < -0.3 is 5.32 Å². The first-order valence-corrected chi connectivity index (χ1v) is 7.48. The molecule has 1 rings (SSSR count). The molecular formula is C18H29N. The minimum absolute atomic E-state index is 0.235. The van der Waals surface area contributed by atoms with Crippen molar-refractivity contribution in [3.63, 3.8) is 0 Å². The lowest BCUT2D eigenvalue weighted by Crippen LogP contribution is -2.17. The molecular weight excluding hydrogens is 230 g/mol. The molecule has 1 N–H and O–H groups in total. The van der Waals surface area contributed by atoms with Gasteiger partial charge in [0.1, 0.15) is 0 Å². The van der Waals surface area contributed by atoms with E-state index in [1.54, 1.807) is 0 Å². The molecule has 0 amide bonds.